The Morgan fingerprint density at radius 2 is 1.04 bits per heavy atom. The molecule has 5 rings (SSSR count). The van der Waals surface area contributed by atoms with Gasteiger partial charge in [0.1, 0.15) is 123 Å². The van der Waals surface area contributed by atoms with Gasteiger partial charge < -0.3 is 161 Å². The molecular formula is C42H69N3O34. The zero-order valence-electron chi connectivity index (χ0n) is 41.5. The van der Waals surface area contributed by atoms with E-state index in [9.17, 15) is 126 Å². The Labute approximate surface area is 444 Å². The van der Waals surface area contributed by atoms with E-state index in [4.69, 9.17) is 42.6 Å². The van der Waals surface area contributed by atoms with Gasteiger partial charge in [0, 0.05) is 19.8 Å². The van der Waals surface area contributed by atoms with Crippen molar-refractivity contribution in [1.82, 2.24) is 16.0 Å². The maximum absolute atomic E-state index is 13.8. The van der Waals surface area contributed by atoms with E-state index in [1.54, 1.807) is 0 Å². The Morgan fingerprint density at radius 1 is 0.544 bits per heavy atom. The fraction of sp³-hybridized carbons (Fsp3) is 0.881. The lowest BCUT2D eigenvalue weighted by Crippen LogP contribution is -2.72. The first-order chi connectivity index (χ1) is 37.1. The molecule has 0 bridgehead atoms. The van der Waals surface area contributed by atoms with E-state index in [-0.39, 0.29) is 0 Å². The summed E-state index contributed by atoms with van der Waals surface area (Å²) in [6.45, 7) is -7.94. The number of hydrogen-bond acceptors (Lipinski definition) is 32. The number of ether oxygens (including phenoxy) is 9. The summed E-state index contributed by atoms with van der Waals surface area (Å²) in [6, 6.07) is -5.94. The number of carbonyl (C=O) groups is 5. The fourth-order valence-corrected chi connectivity index (χ4v) is 9.64. The topological polar surface area (TPSA) is 609 Å². The third kappa shape index (κ3) is 14.4. The minimum Gasteiger partial charge on any atom is -0.477 e. The van der Waals surface area contributed by atoms with Crippen LogP contribution in [0.3, 0.4) is 0 Å². The lowest BCUT2D eigenvalue weighted by molar-refractivity contribution is -0.401. The van der Waals surface area contributed by atoms with E-state index in [0.29, 0.717) is 0 Å². The van der Waals surface area contributed by atoms with E-state index in [1.807, 2.05) is 10.6 Å². The van der Waals surface area contributed by atoms with Gasteiger partial charge >= 0.3 is 11.9 Å². The molecule has 0 aliphatic carbocycles. The van der Waals surface area contributed by atoms with Crippen molar-refractivity contribution in [1.29, 1.82) is 0 Å². The number of carboxylic acid groups (broad SMARTS) is 2. The predicted molar refractivity (Wildman–Crippen MR) is 239 cm³/mol. The monoisotopic (exact) mass is 1160 g/mol. The summed E-state index contributed by atoms with van der Waals surface area (Å²) >= 11 is 0. The largest absolute Gasteiger partial charge is 0.477 e. The lowest BCUT2D eigenvalue weighted by atomic mass is 9.87. The van der Waals surface area contributed by atoms with Crippen LogP contribution in [0, 0.1) is 0 Å². The van der Waals surface area contributed by atoms with Gasteiger partial charge in [-0.3, -0.25) is 14.4 Å². The Morgan fingerprint density at radius 3 is 1.53 bits per heavy atom. The summed E-state index contributed by atoms with van der Waals surface area (Å²) in [5.74, 6) is -15.2. The van der Waals surface area contributed by atoms with Crippen LogP contribution in [0.1, 0.15) is 19.8 Å². The van der Waals surface area contributed by atoms with E-state index in [0.717, 1.165) is 6.92 Å². The van der Waals surface area contributed by atoms with Crippen LogP contribution in [0.25, 0.3) is 0 Å². The molecule has 3 amide bonds. The van der Waals surface area contributed by atoms with Crippen molar-refractivity contribution in [3.05, 3.63) is 0 Å². The van der Waals surface area contributed by atoms with E-state index < -0.39 is 253 Å². The van der Waals surface area contributed by atoms with Crippen molar-refractivity contribution in [2.75, 3.05) is 46.2 Å². The minimum absolute atomic E-state index is 0.907. The molecule has 79 heavy (non-hydrogen) atoms. The molecule has 0 aromatic heterocycles. The highest BCUT2D eigenvalue weighted by molar-refractivity contribution is 5.79. The zero-order chi connectivity index (χ0) is 59.2. The van der Waals surface area contributed by atoms with Crippen molar-refractivity contribution in [3.8, 4) is 0 Å². The van der Waals surface area contributed by atoms with E-state index in [2.05, 4.69) is 5.32 Å². The van der Waals surface area contributed by atoms with Gasteiger partial charge in [-0.2, -0.15) is 0 Å². The van der Waals surface area contributed by atoms with E-state index in [1.165, 1.54) is 0 Å². The third-order valence-electron chi connectivity index (χ3n) is 13.7. The normalized spacial score (nSPS) is 42.4. The maximum atomic E-state index is 13.8. The molecule has 5 saturated heterocycles. The second-order valence-electron chi connectivity index (χ2n) is 19.1. The summed E-state index contributed by atoms with van der Waals surface area (Å²) in [7, 11) is 0. The molecule has 0 saturated carbocycles. The molecule has 5 heterocycles. The summed E-state index contributed by atoms with van der Waals surface area (Å²) in [5.41, 5.74) is 0. The van der Waals surface area contributed by atoms with Gasteiger partial charge in [0.25, 0.3) is 11.6 Å². The molecule has 27 atom stereocenters. The van der Waals surface area contributed by atoms with Crippen LogP contribution in [0.2, 0.25) is 0 Å². The molecule has 5 aliphatic rings. The zero-order valence-corrected chi connectivity index (χ0v) is 41.5. The van der Waals surface area contributed by atoms with Crippen LogP contribution in [-0.2, 0) is 66.6 Å². The van der Waals surface area contributed by atoms with Crippen molar-refractivity contribution < 1.29 is 169 Å². The molecule has 0 unspecified atom stereocenters. The number of rotatable bonds is 24. The Hall–Kier alpha value is -3.73. The first-order valence-corrected chi connectivity index (χ1v) is 24.2. The minimum atomic E-state index is -3.62. The molecule has 456 valence electrons. The summed E-state index contributed by atoms with van der Waals surface area (Å²) in [5, 5.41) is 220. The molecule has 23 N–H and O–H groups in total. The van der Waals surface area contributed by atoms with Crippen LogP contribution < -0.4 is 16.0 Å². The standard InChI is InChI=1S/C42H69N3O34/c1-11(53)43-23-27(62)25(60)15(5-47)72-37(23)75-32-18(8-50)73-38(74-31-17(7-49)71-36(66)29(64)28(31)63)30(65)35(32)79-42(40(69)70)3-13(55)22(45-20(58)10-52)34(78-42)26(61)16(6-48)76-41(39(67)68)2-12(54)21(44-19(57)9-51)33(77-41)24(59)14(56)4-46/h12-18,21-38,46-52,54-56,59-66H,2-10H2,1H3,(H,43,53)(H,44,57)(H,45,58)(H,67,68)(H,69,70)/t12-,13-,14+,15+,16+,17+,18+,21+,22+,23+,24+,25-,26+,27+,28+,29+,30+,31+,32-,33+,34+,35+,36+,37-,38-,41+,42-/m0/s1. The van der Waals surface area contributed by atoms with Gasteiger partial charge in [-0.25, -0.2) is 9.59 Å². The van der Waals surface area contributed by atoms with Crippen LogP contribution >= 0.6 is 0 Å². The number of amides is 3. The second-order valence-corrected chi connectivity index (χ2v) is 19.1. The molecule has 0 aromatic rings. The SMILES string of the molecule is CC(=O)N[C@H]1[C@H](O[C@@H]2[C@H](O[C@]3(C(=O)O)C[C@H](O)[C@@H](NC(=O)CO)[C@H]([C@H](O)[C@@H](CO)O[C@]4(C(=O)O)C[C@H](O)[C@@H](NC(=O)CO)[C@H]([C@H](O)[C@H](O)CO)O4)O3)[C@@H](O)[C@H](O[C@H]3[C@H](O)[C@@H](O)[C@H](O)O[C@@H]3CO)O[C@@H]2CO)O[C@H](CO)[C@H](O)[C@@H]1O. The number of carboxylic acids is 2. The van der Waals surface area contributed by atoms with Crippen molar-refractivity contribution in [3.63, 3.8) is 0 Å². The molecule has 5 aliphatic heterocycles. The third-order valence-corrected chi connectivity index (χ3v) is 13.7. The van der Waals surface area contributed by atoms with Crippen molar-refractivity contribution in [2.24, 2.45) is 0 Å². The van der Waals surface area contributed by atoms with Crippen molar-refractivity contribution >= 4 is 29.7 Å². The summed E-state index contributed by atoms with van der Waals surface area (Å²) in [6.07, 6.45) is -52.4. The fourth-order valence-electron chi connectivity index (χ4n) is 9.64. The summed E-state index contributed by atoms with van der Waals surface area (Å²) in [4.78, 5) is 64.2. The molecule has 0 spiro atoms. The summed E-state index contributed by atoms with van der Waals surface area (Å²) < 4.78 is 51.2. The molecular weight excluding hydrogens is 1090 g/mol. The highest BCUT2D eigenvalue weighted by atomic mass is 16.8. The van der Waals surface area contributed by atoms with Gasteiger partial charge in [0.15, 0.2) is 18.9 Å². The molecule has 37 heteroatoms. The highest BCUT2D eigenvalue weighted by Crippen LogP contribution is 2.42. The highest BCUT2D eigenvalue weighted by Gasteiger charge is 2.63. The average Bonchev–Trinajstić information content (AvgIpc) is 3.53. The first-order valence-electron chi connectivity index (χ1n) is 24.2. The van der Waals surface area contributed by atoms with Crippen LogP contribution in [0.5, 0.6) is 0 Å². The van der Waals surface area contributed by atoms with Crippen LogP contribution in [-0.4, -0.2) is 343 Å². The number of carbonyl (C=O) groups excluding carboxylic acids is 3. The van der Waals surface area contributed by atoms with Crippen LogP contribution in [0.4, 0.5) is 0 Å². The van der Waals surface area contributed by atoms with Gasteiger partial charge in [-0.15, -0.1) is 0 Å². The lowest BCUT2D eigenvalue weighted by Gasteiger charge is -2.52. The average molecular weight is 1160 g/mol. The maximum Gasteiger partial charge on any atom is 0.364 e. The predicted octanol–water partition coefficient (Wildman–Crippen LogP) is -15.1. The number of nitrogens with one attached hydrogen (secondary N) is 3. The number of aliphatic hydroxyl groups excluding tert-OH is 18. The number of hydrogen-bond donors (Lipinski definition) is 23. The Balaban J connectivity index is 1.62. The second kappa shape index (κ2) is 28.0. The van der Waals surface area contributed by atoms with Gasteiger partial charge in [-0.1, -0.05) is 0 Å². The van der Waals surface area contributed by atoms with Gasteiger partial charge in [0.2, 0.25) is 17.7 Å². The first kappa shape index (κ1) is 66.1. The van der Waals surface area contributed by atoms with E-state index >= 15 is 0 Å². The van der Waals surface area contributed by atoms with Gasteiger partial charge in [-0.05, 0) is 0 Å². The smallest absolute Gasteiger partial charge is 0.364 e. The van der Waals surface area contributed by atoms with Crippen molar-refractivity contribution in [2.45, 2.75) is 184 Å². The van der Waals surface area contributed by atoms with Crippen LogP contribution in [0.15, 0.2) is 0 Å². The molecule has 5 fully saturated rings. The molecule has 37 nitrogen and oxygen atoms in total. The Bertz CT molecular complexity index is 2030. The molecule has 0 radical (unpaired) electrons. The number of aliphatic hydroxyl groups is 18. The molecule has 0 aromatic carbocycles. The number of aliphatic carboxylic acids is 2. The Kier molecular flexibility index (Phi) is 23.4. The van der Waals surface area contributed by atoms with Gasteiger partial charge in [0.05, 0.1) is 57.3 Å². The quantitative estimate of drug-likeness (QED) is 0.0427.